The number of benzene rings is 1. The van der Waals surface area contributed by atoms with Crippen molar-refractivity contribution in [1.82, 2.24) is 14.6 Å². The predicted octanol–water partition coefficient (Wildman–Crippen LogP) is 2.04. The summed E-state index contributed by atoms with van der Waals surface area (Å²) in [6, 6.07) is 8.63. The first-order valence-electron chi connectivity index (χ1n) is 6.08. The summed E-state index contributed by atoms with van der Waals surface area (Å²) in [4.78, 5) is 15.0. The molecule has 2 N–H and O–H groups in total. The van der Waals surface area contributed by atoms with Crippen LogP contribution < -0.4 is 5.32 Å². The van der Waals surface area contributed by atoms with Crippen molar-refractivity contribution in [3.63, 3.8) is 0 Å². The molecule has 20 heavy (non-hydrogen) atoms. The van der Waals surface area contributed by atoms with Crippen molar-refractivity contribution in [2.24, 2.45) is 0 Å². The number of aromatic nitrogens is 3. The number of carboxylic acid groups (broad SMARTS) is 1. The first kappa shape index (κ1) is 12.2. The normalized spacial score (nSPS) is 10.6. The highest BCUT2D eigenvalue weighted by Gasteiger charge is 2.04. The smallest absolute Gasteiger partial charge is 0.335 e. The molecule has 0 aliphatic rings. The number of carbonyl (C=O) groups is 1. The molecule has 0 saturated carbocycles. The third kappa shape index (κ3) is 2.31. The Morgan fingerprint density at radius 3 is 2.75 bits per heavy atom. The lowest BCUT2D eigenvalue weighted by Gasteiger charge is -2.07. The summed E-state index contributed by atoms with van der Waals surface area (Å²) in [5, 5.41) is 16.2. The molecule has 2 aromatic heterocycles. The lowest BCUT2D eigenvalue weighted by molar-refractivity contribution is 0.0697. The van der Waals surface area contributed by atoms with Gasteiger partial charge < -0.3 is 10.4 Å². The molecule has 6 heteroatoms. The summed E-state index contributed by atoms with van der Waals surface area (Å²) in [5.74, 6) is -0.178. The van der Waals surface area contributed by atoms with Crippen molar-refractivity contribution in [2.75, 3.05) is 5.32 Å². The van der Waals surface area contributed by atoms with E-state index in [9.17, 15) is 4.79 Å². The molecule has 0 unspecified atom stereocenters. The van der Waals surface area contributed by atoms with Gasteiger partial charge in [-0.3, -0.25) is 0 Å². The Morgan fingerprint density at radius 1 is 1.20 bits per heavy atom. The van der Waals surface area contributed by atoms with E-state index >= 15 is 0 Å². The van der Waals surface area contributed by atoms with Crippen LogP contribution in [0, 0.1) is 0 Å². The third-order valence-corrected chi connectivity index (χ3v) is 2.99. The summed E-state index contributed by atoms with van der Waals surface area (Å²) >= 11 is 0. The van der Waals surface area contributed by atoms with Gasteiger partial charge in [0.15, 0.2) is 5.82 Å². The molecule has 0 aliphatic carbocycles. The standard InChI is InChI=1S/C14H12N4O2/c19-14(20)11-3-1-10(2-4-11)9-16-13-12-5-6-17-18(12)8-7-15-13/h1-8H,9H2,(H,15,16)(H,19,20). The van der Waals surface area contributed by atoms with Gasteiger partial charge in [0.2, 0.25) is 0 Å². The van der Waals surface area contributed by atoms with Gasteiger partial charge >= 0.3 is 5.97 Å². The highest BCUT2D eigenvalue weighted by atomic mass is 16.4. The molecule has 3 aromatic rings. The third-order valence-electron chi connectivity index (χ3n) is 2.99. The molecular formula is C14H12N4O2. The summed E-state index contributed by atoms with van der Waals surface area (Å²) in [5.41, 5.74) is 2.16. The molecule has 3 rings (SSSR count). The Labute approximate surface area is 114 Å². The van der Waals surface area contributed by atoms with Gasteiger partial charge in [-0.05, 0) is 23.8 Å². The van der Waals surface area contributed by atoms with Gasteiger partial charge in [-0.1, -0.05) is 12.1 Å². The molecule has 0 saturated heterocycles. The monoisotopic (exact) mass is 268 g/mol. The number of nitrogens with one attached hydrogen (secondary N) is 1. The van der Waals surface area contributed by atoms with Crippen LogP contribution in [0.4, 0.5) is 5.82 Å². The van der Waals surface area contributed by atoms with Crippen molar-refractivity contribution >= 4 is 17.3 Å². The summed E-state index contributed by atoms with van der Waals surface area (Å²) < 4.78 is 1.74. The van der Waals surface area contributed by atoms with Crippen LogP contribution in [0.3, 0.4) is 0 Å². The molecule has 0 fully saturated rings. The first-order chi connectivity index (χ1) is 9.74. The van der Waals surface area contributed by atoms with Crippen molar-refractivity contribution in [1.29, 1.82) is 0 Å². The second-order valence-electron chi connectivity index (χ2n) is 4.29. The van der Waals surface area contributed by atoms with Crippen LogP contribution in [-0.4, -0.2) is 25.7 Å². The Bertz CT molecular complexity index is 749. The van der Waals surface area contributed by atoms with E-state index in [-0.39, 0.29) is 5.56 Å². The minimum absolute atomic E-state index is 0.282. The van der Waals surface area contributed by atoms with Crippen LogP contribution in [0.2, 0.25) is 0 Å². The van der Waals surface area contributed by atoms with Crippen molar-refractivity contribution in [3.8, 4) is 0 Å². The summed E-state index contributed by atoms with van der Waals surface area (Å²) in [6.45, 7) is 0.567. The number of nitrogens with zero attached hydrogens (tertiary/aromatic N) is 3. The minimum atomic E-state index is -0.921. The molecule has 6 nitrogen and oxygen atoms in total. The maximum Gasteiger partial charge on any atom is 0.335 e. The Morgan fingerprint density at radius 2 is 2.00 bits per heavy atom. The number of aromatic carboxylic acids is 1. The Balaban J connectivity index is 1.76. The molecule has 1 aromatic carbocycles. The number of fused-ring (bicyclic) bond motifs is 1. The fraction of sp³-hybridized carbons (Fsp3) is 0.0714. The average molecular weight is 268 g/mol. The van der Waals surface area contributed by atoms with Crippen LogP contribution >= 0.6 is 0 Å². The molecule has 0 amide bonds. The fourth-order valence-electron chi connectivity index (χ4n) is 1.94. The molecule has 0 atom stereocenters. The van der Waals surface area contributed by atoms with Crippen LogP contribution in [0.5, 0.6) is 0 Å². The van der Waals surface area contributed by atoms with E-state index in [4.69, 9.17) is 5.11 Å². The first-order valence-corrected chi connectivity index (χ1v) is 6.08. The molecule has 0 aliphatic heterocycles. The highest BCUT2D eigenvalue weighted by molar-refractivity contribution is 5.87. The van der Waals surface area contributed by atoms with E-state index in [1.807, 2.05) is 6.07 Å². The van der Waals surface area contributed by atoms with Gasteiger partial charge in [-0.25, -0.2) is 14.3 Å². The minimum Gasteiger partial charge on any atom is -0.478 e. The second-order valence-corrected chi connectivity index (χ2v) is 4.29. The number of anilines is 1. The largest absolute Gasteiger partial charge is 0.478 e. The summed E-state index contributed by atoms with van der Waals surface area (Å²) in [6.07, 6.45) is 5.17. The quantitative estimate of drug-likeness (QED) is 0.757. The van der Waals surface area contributed by atoms with Gasteiger partial charge in [-0.2, -0.15) is 5.10 Å². The van der Waals surface area contributed by atoms with Gasteiger partial charge in [0.25, 0.3) is 0 Å². The number of carboxylic acids is 1. The van der Waals surface area contributed by atoms with Crippen LogP contribution in [0.1, 0.15) is 15.9 Å². The highest BCUT2D eigenvalue weighted by Crippen LogP contribution is 2.14. The van der Waals surface area contributed by atoms with E-state index in [1.54, 1.807) is 47.4 Å². The molecule has 100 valence electrons. The lowest BCUT2D eigenvalue weighted by Crippen LogP contribution is -2.04. The second kappa shape index (κ2) is 5.00. The SMILES string of the molecule is O=C(O)c1ccc(CNc2nccn3nccc23)cc1. The van der Waals surface area contributed by atoms with Gasteiger partial charge in [-0.15, -0.1) is 0 Å². The zero-order valence-electron chi connectivity index (χ0n) is 10.5. The van der Waals surface area contributed by atoms with Crippen molar-refractivity contribution in [3.05, 3.63) is 60.0 Å². The van der Waals surface area contributed by atoms with Gasteiger partial charge in [0.1, 0.15) is 5.52 Å². The van der Waals surface area contributed by atoms with Gasteiger partial charge in [0, 0.05) is 18.9 Å². The number of hydrogen-bond donors (Lipinski definition) is 2. The maximum absolute atomic E-state index is 10.8. The van der Waals surface area contributed by atoms with E-state index in [0.29, 0.717) is 6.54 Å². The molecular weight excluding hydrogens is 256 g/mol. The molecule has 0 spiro atoms. The van der Waals surface area contributed by atoms with Crippen LogP contribution in [-0.2, 0) is 6.54 Å². The van der Waals surface area contributed by atoms with E-state index in [2.05, 4.69) is 15.4 Å². The number of hydrogen-bond acceptors (Lipinski definition) is 4. The van der Waals surface area contributed by atoms with E-state index in [0.717, 1.165) is 16.9 Å². The average Bonchev–Trinajstić information content (AvgIpc) is 2.94. The van der Waals surface area contributed by atoms with Crippen LogP contribution in [0.25, 0.3) is 5.52 Å². The predicted molar refractivity (Wildman–Crippen MR) is 73.7 cm³/mol. The van der Waals surface area contributed by atoms with Crippen molar-refractivity contribution in [2.45, 2.75) is 6.54 Å². The molecule has 0 radical (unpaired) electrons. The van der Waals surface area contributed by atoms with Crippen LogP contribution in [0.15, 0.2) is 48.9 Å². The fourth-order valence-corrected chi connectivity index (χ4v) is 1.94. The van der Waals surface area contributed by atoms with E-state index in [1.165, 1.54) is 0 Å². The zero-order chi connectivity index (χ0) is 13.9. The molecule has 0 bridgehead atoms. The van der Waals surface area contributed by atoms with Gasteiger partial charge in [0.05, 0.1) is 11.8 Å². The molecule has 2 heterocycles. The van der Waals surface area contributed by atoms with E-state index < -0.39 is 5.97 Å². The maximum atomic E-state index is 10.8. The Hall–Kier alpha value is -2.89. The topological polar surface area (TPSA) is 79.5 Å². The summed E-state index contributed by atoms with van der Waals surface area (Å²) in [7, 11) is 0. The number of rotatable bonds is 4. The Kier molecular flexibility index (Phi) is 3.04. The zero-order valence-corrected chi connectivity index (χ0v) is 10.5. The lowest BCUT2D eigenvalue weighted by atomic mass is 10.1. The van der Waals surface area contributed by atoms with Crippen molar-refractivity contribution < 1.29 is 9.90 Å².